The molecular formula is C14H18ClF3N2O2. The molecule has 0 saturated heterocycles. The molecule has 0 amide bonds. The maximum Gasteiger partial charge on any atom is 0.573 e. The molecule has 1 unspecified atom stereocenters. The summed E-state index contributed by atoms with van der Waals surface area (Å²) in [5.74, 6) is -0.281. The quantitative estimate of drug-likeness (QED) is 0.427. The van der Waals surface area contributed by atoms with Crippen LogP contribution in [0.3, 0.4) is 0 Å². The van der Waals surface area contributed by atoms with E-state index in [1.165, 1.54) is 30.3 Å². The molecule has 0 aliphatic heterocycles. The van der Waals surface area contributed by atoms with Gasteiger partial charge < -0.3 is 9.47 Å². The molecule has 0 bridgehead atoms. The molecule has 0 aromatic heterocycles. The third kappa shape index (κ3) is 5.40. The van der Waals surface area contributed by atoms with E-state index in [2.05, 4.69) is 11.3 Å². The molecule has 0 aliphatic carbocycles. The van der Waals surface area contributed by atoms with E-state index in [9.17, 15) is 13.2 Å². The fourth-order valence-corrected chi connectivity index (χ4v) is 1.92. The number of hydrogen-bond acceptors (Lipinski definition) is 4. The van der Waals surface area contributed by atoms with E-state index >= 15 is 0 Å². The number of hydrazine groups is 1. The van der Waals surface area contributed by atoms with Crippen molar-refractivity contribution in [3.63, 3.8) is 0 Å². The molecule has 4 nitrogen and oxygen atoms in total. The van der Waals surface area contributed by atoms with Crippen LogP contribution < -0.4 is 4.74 Å². The monoisotopic (exact) mass is 338 g/mol. The average molecular weight is 339 g/mol. The van der Waals surface area contributed by atoms with E-state index in [-0.39, 0.29) is 23.7 Å². The van der Waals surface area contributed by atoms with Gasteiger partial charge in [0.05, 0.1) is 6.54 Å². The molecule has 0 radical (unpaired) electrons. The van der Waals surface area contributed by atoms with Crippen molar-refractivity contribution in [1.82, 2.24) is 10.0 Å². The lowest BCUT2D eigenvalue weighted by Crippen LogP contribution is -2.43. The number of para-hydroxylation sites is 1. The molecule has 0 saturated carbocycles. The topological polar surface area (TPSA) is 24.9 Å². The lowest BCUT2D eigenvalue weighted by Gasteiger charge is -2.36. The SMILES string of the molecule is C=C(Cl)N(Cc1ccccc1OC(F)(F)F)N(C)C(C)OC. The zero-order valence-electron chi connectivity index (χ0n) is 12.5. The molecule has 22 heavy (non-hydrogen) atoms. The first-order chi connectivity index (χ1) is 10.2. The Bertz CT molecular complexity index is 511. The number of benzene rings is 1. The second-order valence-corrected chi connectivity index (χ2v) is 4.93. The minimum Gasteiger partial charge on any atom is -0.405 e. The Hall–Kier alpha value is -1.44. The number of methoxy groups -OCH3 is 1. The van der Waals surface area contributed by atoms with Gasteiger partial charge in [-0.1, -0.05) is 36.4 Å². The predicted molar refractivity (Wildman–Crippen MR) is 77.9 cm³/mol. The Balaban J connectivity index is 3.02. The summed E-state index contributed by atoms with van der Waals surface area (Å²) in [4.78, 5) is 0. The third-order valence-electron chi connectivity index (χ3n) is 3.05. The molecule has 0 aliphatic rings. The number of nitrogens with zero attached hydrogens (tertiary/aromatic N) is 2. The summed E-state index contributed by atoms with van der Waals surface area (Å²) in [6.07, 6.45) is -5.10. The summed E-state index contributed by atoms with van der Waals surface area (Å²) in [6, 6.07) is 5.86. The second-order valence-electron chi connectivity index (χ2n) is 4.50. The molecule has 8 heteroatoms. The minimum atomic E-state index is -4.76. The highest BCUT2D eigenvalue weighted by atomic mass is 35.5. The number of rotatable bonds is 7. The van der Waals surface area contributed by atoms with Crippen LogP contribution >= 0.6 is 11.6 Å². The van der Waals surface area contributed by atoms with Gasteiger partial charge in [0.15, 0.2) is 0 Å². The summed E-state index contributed by atoms with van der Waals surface area (Å²) in [6.45, 7) is 5.45. The molecule has 0 N–H and O–H groups in total. The fourth-order valence-electron chi connectivity index (χ4n) is 1.74. The van der Waals surface area contributed by atoms with Crippen molar-refractivity contribution in [2.75, 3.05) is 14.2 Å². The molecule has 1 rings (SSSR count). The van der Waals surface area contributed by atoms with E-state index in [1.807, 2.05) is 0 Å². The number of hydrogen-bond donors (Lipinski definition) is 0. The van der Waals surface area contributed by atoms with Crippen molar-refractivity contribution in [1.29, 1.82) is 0 Å². The first-order valence-electron chi connectivity index (χ1n) is 6.37. The Morgan fingerprint density at radius 2 is 1.95 bits per heavy atom. The van der Waals surface area contributed by atoms with Crippen LogP contribution in [0.5, 0.6) is 5.75 Å². The average Bonchev–Trinajstić information content (AvgIpc) is 2.42. The summed E-state index contributed by atoms with van der Waals surface area (Å²) in [7, 11) is 3.20. The Labute approximate surface area is 132 Å². The van der Waals surface area contributed by atoms with Crippen LogP contribution in [-0.2, 0) is 11.3 Å². The summed E-state index contributed by atoms with van der Waals surface area (Å²) in [5, 5.41) is 3.27. The minimum absolute atomic E-state index is 0.0544. The fraction of sp³-hybridized carbons (Fsp3) is 0.429. The van der Waals surface area contributed by atoms with Crippen molar-refractivity contribution in [2.24, 2.45) is 0 Å². The first kappa shape index (κ1) is 18.6. The van der Waals surface area contributed by atoms with Gasteiger partial charge in [-0.2, -0.15) is 5.01 Å². The van der Waals surface area contributed by atoms with Gasteiger partial charge in [0.25, 0.3) is 0 Å². The summed E-state index contributed by atoms with van der Waals surface area (Å²) >= 11 is 5.95. The van der Waals surface area contributed by atoms with Crippen LogP contribution in [0.25, 0.3) is 0 Å². The molecule has 0 heterocycles. The second kappa shape index (κ2) is 7.71. The van der Waals surface area contributed by atoms with E-state index in [0.29, 0.717) is 5.56 Å². The van der Waals surface area contributed by atoms with Gasteiger partial charge in [-0.3, -0.25) is 5.01 Å². The van der Waals surface area contributed by atoms with Crippen LogP contribution in [-0.4, -0.2) is 36.8 Å². The zero-order valence-corrected chi connectivity index (χ0v) is 13.3. The maximum atomic E-state index is 12.4. The Morgan fingerprint density at radius 1 is 1.36 bits per heavy atom. The van der Waals surface area contributed by atoms with Gasteiger partial charge in [0.1, 0.15) is 17.1 Å². The highest BCUT2D eigenvalue weighted by molar-refractivity contribution is 6.28. The van der Waals surface area contributed by atoms with Crippen molar-refractivity contribution >= 4 is 11.6 Å². The van der Waals surface area contributed by atoms with Gasteiger partial charge in [0.2, 0.25) is 0 Å². The van der Waals surface area contributed by atoms with Crippen LogP contribution in [0.2, 0.25) is 0 Å². The van der Waals surface area contributed by atoms with Gasteiger partial charge >= 0.3 is 6.36 Å². The van der Waals surface area contributed by atoms with Crippen molar-refractivity contribution in [3.05, 3.63) is 41.6 Å². The maximum absolute atomic E-state index is 12.4. The summed E-state index contributed by atoms with van der Waals surface area (Å²) in [5.41, 5.74) is 0.316. The largest absolute Gasteiger partial charge is 0.573 e. The smallest absolute Gasteiger partial charge is 0.405 e. The van der Waals surface area contributed by atoms with Crippen LogP contribution in [0.4, 0.5) is 13.2 Å². The number of alkyl halides is 3. The van der Waals surface area contributed by atoms with Crippen molar-refractivity contribution in [2.45, 2.75) is 26.1 Å². The van der Waals surface area contributed by atoms with Crippen molar-refractivity contribution in [3.8, 4) is 5.75 Å². The van der Waals surface area contributed by atoms with E-state index < -0.39 is 6.36 Å². The van der Waals surface area contributed by atoms with Gasteiger partial charge in [-0.25, -0.2) is 0 Å². The summed E-state index contributed by atoms with van der Waals surface area (Å²) < 4.78 is 46.5. The van der Waals surface area contributed by atoms with E-state index in [0.717, 1.165) is 0 Å². The molecule has 0 spiro atoms. The lowest BCUT2D eigenvalue weighted by molar-refractivity contribution is -0.275. The highest BCUT2D eigenvalue weighted by Crippen LogP contribution is 2.28. The molecule has 1 aromatic rings. The van der Waals surface area contributed by atoms with Crippen LogP contribution in [0.15, 0.2) is 36.0 Å². The molecule has 1 atom stereocenters. The molecular weight excluding hydrogens is 321 g/mol. The zero-order chi connectivity index (χ0) is 16.9. The van der Waals surface area contributed by atoms with Crippen LogP contribution in [0.1, 0.15) is 12.5 Å². The molecule has 124 valence electrons. The predicted octanol–water partition coefficient (Wildman–Crippen LogP) is 3.94. The Morgan fingerprint density at radius 3 is 2.45 bits per heavy atom. The van der Waals surface area contributed by atoms with E-state index in [4.69, 9.17) is 16.3 Å². The highest BCUT2D eigenvalue weighted by Gasteiger charge is 2.32. The van der Waals surface area contributed by atoms with Gasteiger partial charge in [-0.15, -0.1) is 13.2 Å². The first-order valence-corrected chi connectivity index (χ1v) is 6.74. The lowest BCUT2D eigenvalue weighted by atomic mass is 10.2. The van der Waals surface area contributed by atoms with Crippen molar-refractivity contribution < 1.29 is 22.6 Å². The Kier molecular flexibility index (Phi) is 6.52. The third-order valence-corrected chi connectivity index (χ3v) is 3.24. The molecule has 1 aromatic carbocycles. The number of halogens is 4. The van der Waals surface area contributed by atoms with Gasteiger partial charge in [-0.05, 0) is 13.0 Å². The van der Waals surface area contributed by atoms with E-state index in [1.54, 1.807) is 25.0 Å². The van der Waals surface area contributed by atoms with Crippen LogP contribution in [0, 0.1) is 0 Å². The van der Waals surface area contributed by atoms with Gasteiger partial charge in [0, 0.05) is 19.7 Å². The molecule has 0 fully saturated rings. The number of ether oxygens (including phenoxy) is 2. The normalized spacial score (nSPS) is 13.1. The standard InChI is InChI=1S/C14H18ClF3N2O2/c1-10(15)20(19(3)11(2)21-4)9-12-7-5-6-8-13(12)22-14(16,17)18/h5-8,11H,1,9H2,2-4H3.